The van der Waals surface area contributed by atoms with E-state index in [-0.39, 0.29) is 23.7 Å². The van der Waals surface area contributed by atoms with Gasteiger partial charge >= 0.3 is 12.1 Å². The van der Waals surface area contributed by atoms with Crippen LogP contribution in [0.3, 0.4) is 0 Å². The van der Waals surface area contributed by atoms with Crippen LogP contribution in [0.4, 0.5) is 4.79 Å². The summed E-state index contributed by atoms with van der Waals surface area (Å²) in [5.41, 5.74) is 0.982. The minimum Gasteiger partial charge on any atom is -0.466 e. The topological polar surface area (TPSA) is 55.8 Å². The summed E-state index contributed by atoms with van der Waals surface area (Å²) < 4.78 is 10.5. The Morgan fingerprint density at radius 2 is 2.04 bits per heavy atom. The molecule has 0 aromatic heterocycles. The highest BCUT2D eigenvalue weighted by Crippen LogP contribution is 2.43. The minimum absolute atomic E-state index is 0.125. The number of rotatable bonds is 4. The molecule has 1 aromatic rings. The van der Waals surface area contributed by atoms with E-state index in [1.165, 1.54) is 0 Å². The largest absolute Gasteiger partial charge is 0.466 e. The maximum Gasteiger partial charge on any atom is 0.410 e. The quantitative estimate of drug-likeness (QED) is 0.630. The zero-order valence-electron chi connectivity index (χ0n) is 14.0. The highest BCUT2D eigenvalue weighted by Gasteiger charge is 2.43. The van der Waals surface area contributed by atoms with Crippen LogP contribution in [0.5, 0.6) is 0 Å². The van der Waals surface area contributed by atoms with Crippen LogP contribution < -0.4 is 0 Å². The number of hydrogen-bond donors (Lipinski definition) is 0. The van der Waals surface area contributed by atoms with Crippen molar-refractivity contribution >= 4 is 19.3 Å². The summed E-state index contributed by atoms with van der Waals surface area (Å²) in [5, 5.41) is 0. The summed E-state index contributed by atoms with van der Waals surface area (Å²) in [6, 6.07) is 9.67. The summed E-state index contributed by atoms with van der Waals surface area (Å²) in [5.74, 6) is 0.473. The highest BCUT2D eigenvalue weighted by atomic mass is 16.6. The standard InChI is InChI=1S/C18H23BNO4/c1-2-23-17(21)15-10-14-8-9-20(11-16(14)19-15)18(22)24-12-13-6-4-3-5-7-13/h3-7,14-16H,2,8-12H2,1H3/t14-,15-,16-/m0/s1. The Morgan fingerprint density at radius 1 is 1.25 bits per heavy atom. The second kappa shape index (κ2) is 7.73. The van der Waals surface area contributed by atoms with Gasteiger partial charge < -0.3 is 14.4 Å². The van der Waals surface area contributed by atoms with E-state index < -0.39 is 0 Å². The summed E-state index contributed by atoms with van der Waals surface area (Å²) >= 11 is 0. The molecule has 3 rings (SSSR count). The van der Waals surface area contributed by atoms with Crippen molar-refractivity contribution < 1.29 is 19.1 Å². The number of benzene rings is 1. The molecule has 0 bridgehead atoms. The molecule has 6 heteroatoms. The lowest BCUT2D eigenvalue weighted by molar-refractivity contribution is -0.143. The normalized spacial score (nSPS) is 25.5. The minimum atomic E-state index is -0.273. The number of nitrogens with zero attached hydrogens (tertiary/aromatic N) is 1. The van der Waals surface area contributed by atoms with Gasteiger partial charge in [0.05, 0.1) is 6.61 Å². The number of carbonyl (C=O) groups is 2. The molecule has 2 heterocycles. The predicted octanol–water partition coefficient (Wildman–Crippen LogP) is 2.89. The maximum absolute atomic E-state index is 12.3. The molecule has 2 aliphatic heterocycles. The monoisotopic (exact) mass is 328 g/mol. The van der Waals surface area contributed by atoms with E-state index in [4.69, 9.17) is 9.47 Å². The van der Waals surface area contributed by atoms with Gasteiger partial charge in [-0.25, -0.2) is 4.79 Å². The third-order valence-electron chi connectivity index (χ3n) is 4.90. The number of likely N-dealkylation sites (tertiary alicyclic amines) is 1. The Hall–Kier alpha value is -1.98. The lowest BCUT2D eigenvalue weighted by Crippen LogP contribution is -2.41. The Labute approximate surface area is 143 Å². The summed E-state index contributed by atoms with van der Waals surface area (Å²) in [6.45, 7) is 3.85. The molecule has 1 aromatic carbocycles. The molecular formula is C18H23BNO4. The summed E-state index contributed by atoms with van der Waals surface area (Å²) in [4.78, 5) is 25.9. The van der Waals surface area contributed by atoms with E-state index in [1.807, 2.05) is 37.3 Å². The predicted molar refractivity (Wildman–Crippen MR) is 90.8 cm³/mol. The number of fused-ring (bicyclic) bond motifs is 1. The fourth-order valence-electron chi connectivity index (χ4n) is 3.64. The van der Waals surface area contributed by atoms with E-state index >= 15 is 0 Å². The molecule has 3 atom stereocenters. The van der Waals surface area contributed by atoms with Gasteiger partial charge in [0.25, 0.3) is 0 Å². The van der Waals surface area contributed by atoms with Crippen LogP contribution in [-0.2, 0) is 20.9 Å². The lowest BCUT2D eigenvalue weighted by atomic mass is 9.58. The molecule has 1 amide bonds. The molecule has 5 nitrogen and oxygen atoms in total. The number of carbonyl (C=O) groups excluding carboxylic acids is 2. The van der Waals surface area contributed by atoms with Crippen LogP contribution in [0.15, 0.2) is 30.3 Å². The van der Waals surface area contributed by atoms with Gasteiger partial charge in [0.2, 0.25) is 0 Å². The van der Waals surface area contributed by atoms with Crippen LogP contribution in [0, 0.1) is 5.92 Å². The van der Waals surface area contributed by atoms with Gasteiger partial charge in [0.1, 0.15) is 13.9 Å². The Kier molecular flexibility index (Phi) is 5.43. The van der Waals surface area contributed by atoms with Crippen molar-refractivity contribution in [2.45, 2.75) is 38.0 Å². The van der Waals surface area contributed by atoms with Crippen LogP contribution in [0.1, 0.15) is 25.3 Å². The van der Waals surface area contributed by atoms with E-state index in [0.717, 1.165) is 18.4 Å². The number of ether oxygens (including phenoxy) is 2. The third-order valence-corrected chi connectivity index (χ3v) is 4.90. The van der Waals surface area contributed by atoms with Gasteiger partial charge in [0.15, 0.2) is 0 Å². The number of hydrogen-bond acceptors (Lipinski definition) is 4. The molecule has 0 unspecified atom stereocenters. The molecule has 127 valence electrons. The summed E-state index contributed by atoms with van der Waals surface area (Å²) in [6.07, 6.45) is 1.48. The third kappa shape index (κ3) is 3.92. The first-order chi connectivity index (χ1) is 11.7. The highest BCUT2D eigenvalue weighted by molar-refractivity contribution is 6.46. The Bertz CT molecular complexity index is 580. The van der Waals surface area contributed by atoms with Crippen molar-refractivity contribution in [1.29, 1.82) is 0 Å². The van der Waals surface area contributed by atoms with Crippen LogP contribution >= 0.6 is 0 Å². The van der Waals surface area contributed by atoms with Gasteiger partial charge in [0, 0.05) is 18.9 Å². The van der Waals surface area contributed by atoms with Crippen molar-refractivity contribution in [3.8, 4) is 0 Å². The fraction of sp³-hybridized carbons (Fsp3) is 0.556. The molecule has 0 N–H and O–H groups in total. The van der Waals surface area contributed by atoms with Gasteiger partial charge in [-0.1, -0.05) is 30.3 Å². The van der Waals surface area contributed by atoms with Gasteiger partial charge in [-0.05, 0) is 37.1 Å². The number of amides is 1. The first-order valence-corrected chi connectivity index (χ1v) is 8.64. The van der Waals surface area contributed by atoms with Crippen molar-refractivity contribution in [3.63, 3.8) is 0 Å². The molecule has 2 aliphatic rings. The van der Waals surface area contributed by atoms with E-state index in [9.17, 15) is 9.59 Å². The first kappa shape index (κ1) is 16.9. The molecule has 2 fully saturated rings. The van der Waals surface area contributed by atoms with E-state index in [2.05, 4.69) is 7.28 Å². The van der Waals surface area contributed by atoms with Gasteiger partial charge in [-0.15, -0.1) is 0 Å². The van der Waals surface area contributed by atoms with E-state index in [1.54, 1.807) is 4.90 Å². The number of piperidine rings is 1. The molecule has 0 spiro atoms. The van der Waals surface area contributed by atoms with Crippen molar-refractivity contribution in [2.24, 2.45) is 5.92 Å². The second-order valence-corrected chi connectivity index (χ2v) is 6.49. The second-order valence-electron chi connectivity index (χ2n) is 6.49. The van der Waals surface area contributed by atoms with Gasteiger partial charge in [-0.3, -0.25) is 4.79 Å². The SMILES string of the molecule is CCOC(=O)[C@H]1[B][C@H]2CN(C(=O)OCc3ccccc3)CC[C@H]2C1. The molecule has 24 heavy (non-hydrogen) atoms. The molecule has 1 radical (unpaired) electrons. The fourth-order valence-corrected chi connectivity index (χ4v) is 3.64. The first-order valence-electron chi connectivity index (χ1n) is 8.64. The molecule has 2 saturated heterocycles. The van der Waals surface area contributed by atoms with Crippen LogP contribution in [0.25, 0.3) is 0 Å². The smallest absolute Gasteiger partial charge is 0.410 e. The van der Waals surface area contributed by atoms with Crippen LogP contribution in [0.2, 0.25) is 11.6 Å². The maximum atomic E-state index is 12.3. The van der Waals surface area contributed by atoms with Crippen molar-refractivity contribution in [3.05, 3.63) is 35.9 Å². The Balaban J connectivity index is 1.49. The lowest BCUT2D eigenvalue weighted by Gasteiger charge is -2.34. The van der Waals surface area contributed by atoms with Crippen molar-refractivity contribution in [2.75, 3.05) is 19.7 Å². The zero-order chi connectivity index (χ0) is 16.9. The number of esters is 1. The van der Waals surface area contributed by atoms with Crippen molar-refractivity contribution in [1.82, 2.24) is 4.90 Å². The molecule has 0 saturated carbocycles. The average molecular weight is 328 g/mol. The van der Waals surface area contributed by atoms with Gasteiger partial charge in [-0.2, -0.15) is 0 Å². The van der Waals surface area contributed by atoms with Crippen LogP contribution in [-0.4, -0.2) is 43.9 Å². The van der Waals surface area contributed by atoms with E-state index in [0.29, 0.717) is 32.2 Å². The Morgan fingerprint density at radius 3 is 2.79 bits per heavy atom. The summed E-state index contributed by atoms with van der Waals surface area (Å²) in [7, 11) is 2.07. The average Bonchev–Trinajstić information content (AvgIpc) is 3.04. The molecular weight excluding hydrogens is 305 g/mol. The molecule has 0 aliphatic carbocycles. The zero-order valence-corrected chi connectivity index (χ0v) is 14.0.